The molecule has 3 N–H and O–H groups in total. The third-order valence-electron chi connectivity index (χ3n) is 3.18. The molecule has 0 heterocycles. The molecule has 0 bridgehead atoms. The van der Waals surface area contributed by atoms with Gasteiger partial charge in [-0.1, -0.05) is 6.92 Å². The maximum Gasteiger partial charge on any atom is 0.500 e. The van der Waals surface area contributed by atoms with Crippen LogP contribution >= 0.6 is 11.8 Å². The van der Waals surface area contributed by atoms with E-state index in [0.717, 1.165) is 0 Å². The van der Waals surface area contributed by atoms with Crippen LogP contribution in [0.1, 0.15) is 13.3 Å². The standard InChI is InChI=1S/C13H28N2O6SSi/c1-11(12(14)16)10-22-8-7-21-13(17)15-6-5-9-23(18-2,19-3)20-4/h11H,5-10H2,1-4H3,(H2,14,16)(H,15,17). The summed E-state index contributed by atoms with van der Waals surface area (Å²) in [4.78, 5) is 22.3. The van der Waals surface area contributed by atoms with Crippen molar-refractivity contribution < 1.29 is 27.6 Å². The first kappa shape index (κ1) is 22.2. The van der Waals surface area contributed by atoms with E-state index < -0.39 is 14.9 Å². The van der Waals surface area contributed by atoms with Gasteiger partial charge < -0.3 is 29.1 Å². The maximum atomic E-state index is 11.5. The molecular formula is C13H28N2O6SSi. The average Bonchev–Trinajstić information content (AvgIpc) is 2.55. The van der Waals surface area contributed by atoms with Gasteiger partial charge in [-0.15, -0.1) is 0 Å². The summed E-state index contributed by atoms with van der Waals surface area (Å²) in [6, 6.07) is 0.609. The third-order valence-corrected chi connectivity index (χ3v) is 7.20. The maximum absolute atomic E-state index is 11.5. The number of carbonyl (C=O) groups is 2. The highest BCUT2D eigenvalue weighted by Crippen LogP contribution is 2.14. The number of nitrogens with two attached hydrogens (primary N) is 1. The van der Waals surface area contributed by atoms with Crippen LogP contribution in [0.15, 0.2) is 0 Å². The molecule has 1 atom stereocenters. The second-order valence-corrected chi connectivity index (χ2v) is 9.08. The molecule has 1 unspecified atom stereocenters. The van der Waals surface area contributed by atoms with Gasteiger partial charge in [-0.2, -0.15) is 11.8 Å². The second-order valence-electron chi connectivity index (χ2n) is 4.84. The Labute approximate surface area is 143 Å². The zero-order valence-electron chi connectivity index (χ0n) is 14.3. The minimum absolute atomic E-state index is 0.180. The number of carbonyl (C=O) groups excluding carboxylic acids is 2. The molecular weight excluding hydrogens is 340 g/mol. The van der Waals surface area contributed by atoms with E-state index in [1.54, 1.807) is 28.3 Å². The quantitative estimate of drug-likeness (QED) is 0.366. The fourth-order valence-corrected chi connectivity index (χ4v) is 4.25. The topological polar surface area (TPSA) is 109 Å². The lowest BCUT2D eigenvalue weighted by Crippen LogP contribution is -2.43. The van der Waals surface area contributed by atoms with E-state index in [1.165, 1.54) is 11.8 Å². The van der Waals surface area contributed by atoms with Crippen LogP contribution in [0.2, 0.25) is 6.04 Å². The van der Waals surface area contributed by atoms with Crippen LogP contribution in [0, 0.1) is 5.92 Å². The van der Waals surface area contributed by atoms with E-state index in [2.05, 4.69) is 5.32 Å². The van der Waals surface area contributed by atoms with Gasteiger partial charge in [0.15, 0.2) is 0 Å². The summed E-state index contributed by atoms with van der Waals surface area (Å²) in [6.45, 7) is 2.51. The van der Waals surface area contributed by atoms with Crippen molar-refractivity contribution in [3.63, 3.8) is 0 Å². The van der Waals surface area contributed by atoms with Gasteiger partial charge in [0.2, 0.25) is 5.91 Å². The van der Waals surface area contributed by atoms with E-state index in [9.17, 15) is 9.59 Å². The molecule has 0 aliphatic rings. The molecule has 0 spiro atoms. The van der Waals surface area contributed by atoms with E-state index in [0.29, 0.717) is 30.5 Å². The SMILES string of the molecule is CO[Si](CCCNC(=O)OCCSCC(C)C(N)=O)(OC)OC. The molecule has 23 heavy (non-hydrogen) atoms. The van der Waals surface area contributed by atoms with Gasteiger partial charge in [-0.05, 0) is 6.42 Å². The molecule has 8 nitrogen and oxygen atoms in total. The van der Waals surface area contributed by atoms with Crippen LogP contribution in [0.25, 0.3) is 0 Å². The summed E-state index contributed by atoms with van der Waals surface area (Å²) >= 11 is 1.52. The Morgan fingerprint density at radius 1 is 1.22 bits per heavy atom. The molecule has 10 heteroatoms. The van der Waals surface area contributed by atoms with Crippen molar-refractivity contribution in [2.45, 2.75) is 19.4 Å². The largest absolute Gasteiger partial charge is 0.500 e. The van der Waals surface area contributed by atoms with Crippen LogP contribution in [0.3, 0.4) is 0 Å². The van der Waals surface area contributed by atoms with Crippen molar-refractivity contribution >= 4 is 32.6 Å². The van der Waals surface area contributed by atoms with Gasteiger partial charge >= 0.3 is 14.9 Å². The Hall–Kier alpha value is -0.813. The third kappa shape index (κ3) is 9.82. The number of ether oxygens (including phenoxy) is 1. The summed E-state index contributed by atoms with van der Waals surface area (Å²) in [6.07, 6.45) is 0.204. The van der Waals surface area contributed by atoms with Crippen molar-refractivity contribution in [2.24, 2.45) is 11.7 Å². The van der Waals surface area contributed by atoms with E-state index >= 15 is 0 Å². The molecule has 0 saturated heterocycles. The summed E-state index contributed by atoms with van der Waals surface area (Å²) in [7, 11) is 2.08. The van der Waals surface area contributed by atoms with Crippen LogP contribution in [-0.2, 0) is 22.8 Å². The molecule has 0 aromatic carbocycles. The number of alkyl carbamates (subject to hydrolysis) is 1. The Kier molecular flexibility index (Phi) is 12.1. The van der Waals surface area contributed by atoms with Gasteiger partial charge in [0.05, 0.1) is 0 Å². The van der Waals surface area contributed by atoms with Crippen molar-refractivity contribution in [3.8, 4) is 0 Å². The number of rotatable bonds is 13. The summed E-state index contributed by atoms with van der Waals surface area (Å²) in [5.74, 6) is 0.746. The Bertz CT molecular complexity index is 349. The molecule has 0 aromatic rings. The smallest absolute Gasteiger partial charge is 0.449 e. The predicted molar refractivity (Wildman–Crippen MR) is 91.2 cm³/mol. The van der Waals surface area contributed by atoms with Gasteiger partial charge in [-0.3, -0.25) is 4.79 Å². The lowest BCUT2D eigenvalue weighted by Gasteiger charge is -2.24. The Balaban J connectivity index is 3.67. The highest BCUT2D eigenvalue weighted by molar-refractivity contribution is 7.99. The average molecular weight is 369 g/mol. The Morgan fingerprint density at radius 3 is 2.35 bits per heavy atom. The molecule has 0 aromatic heterocycles. The molecule has 0 saturated carbocycles. The monoisotopic (exact) mass is 368 g/mol. The first-order valence-electron chi connectivity index (χ1n) is 7.34. The first-order chi connectivity index (χ1) is 10.9. The predicted octanol–water partition coefficient (Wildman–Crippen LogP) is 0.835. The van der Waals surface area contributed by atoms with Crippen LogP contribution in [-0.4, -0.2) is 66.8 Å². The molecule has 0 fully saturated rings. The molecule has 0 aliphatic carbocycles. The zero-order chi connectivity index (χ0) is 17.7. The zero-order valence-corrected chi connectivity index (χ0v) is 16.1. The highest BCUT2D eigenvalue weighted by Gasteiger charge is 2.36. The van der Waals surface area contributed by atoms with Gasteiger partial charge in [-0.25, -0.2) is 4.79 Å². The van der Waals surface area contributed by atoms with E-state index in [-0.39, 0.29) is 18.4 Å². The number of thioether (sulfide) groups is 1. The van der Waals surface area contributed by atoms with Crippen molar-refractivity contribution in [2.75, 3.05) is 46.0 Å². The number of primary amides is 1. The summed E-state index contributed by atoms with van der Waals surface area (Å²) < 4.78 is 20.9. The first-order valence-corrected chi connectivity index (χ1v) is 10.4. The molecule has 0 radical (unpaired) electrons. The van der Waals surface area contributed by atoms with Crippen LogP contribution in [0.4, 0.5) is 4.79 Å². The van der Waals surface area contributed by atoms with Crippen molar-refractivity contribution in [1.29, 1.82) is 0 Å². The fraction of sp³-hybridized carbons (Fsp3) is 0.846. The number of nitrogens with one attached hydrogen (secondary N) is 1. The number of hydrogen-bond acceptors (Lipinski definition) is 7. The highest BCUT2D eigenvalue weighted by atomic mass is 32.2. The minimum Gasteiger partial charge on any atom is -0.449 e. The molecule has 136 valence electrons. The molecule has 2 amide bonds. The lowest BCUT2D eigenvalue weighted by atomic mass is 10.2. The molecule has 0 rings (SSSR count). The van der Waals surface area contributed by atoms with Gasteiger partial charge in [0.25, 0.3) is 0 Å². The van der Waals surface area contributed by atoms with Crippen LogP contribution in [0.5, 0.6) is 0 Å². The van der Waals surface area contributed by atoms with Gasteiger partial charge in [0, 0.05) is 51.3 Å². The minimum atomic E-state index is -2.58. The lowest BCUT2D eigenvalue weighted by molar-refractivity contribution is -0.120. The fourth-order valence-electron chi connectivity index (χ4n) is 1.64. The number of amides is 2. The normalized spacial score (nSPS) is 12.7. The summed E-state index contributed by atoms with van der Waals surface area (Å²) in [5.41, 5.74) is 5.16. The number of hydrogen-bond donors (Lipinski definition) is 2. The summed E-state index contributed by atoms with van der Waals surface area (Å²) in [5, 5.41) is 2.66. The van der Waals surface area contributed by atoms with Crippen molar-refractivity contribution in [3.05, 3.63) is 0 Å². The second kappa shape index (κ2) is 12.6. The van der Waals surface area contributed by atoms with Crippen molar-refractivity contribution in [1.82, 2.24) is 5.32 Å². The van der Waals surface area contributed by atoms with E-state index in [1.807, 2.05) is 0 Å². The van der Waals surface area contributed by atoms with E-state index in [4.69, 9.17) is 23.7 Å². The molecule has 0 aliphatic heterocycles. The van der Waals surface area contributed by atoms with Crippen LogP contribution < -0.4 is 11.1 Å². The van der Waals surface area contributed by atoms with Gasteiger partial charge in [0.1, 0.15) is 6.61 Å². The Morgan fingerprint density at radius 2 is 1.83 bits per heavy atom.